The molecule has 0 bridgehead atoms. The van der Waals surface area contributed by atoms with E-state index >= 15 is 0 Å². The number of likely N-dealkylation sites (N-methyl/N-ethyl adjacent to an activating group) is 1. The van der Waals surface area contributed by atoms with Crippen LogP contribution >= 0.6 is 0 Å². The number of benzene rings is 1. The number of nitrogens with one attached hydrogen (secondary N) is 3. The number of ether oxygens (including phenoxy) is 1. The van der Waals surface area contributed by atoms with E-state index in [9.17, 15) is 9.59 Å². The zero-order valence-electron chi connectivity index (χ0n) is 14.2. The number of nitrogens with zero attached hydrogens (tertiary/aromatic N) is 1. The summed E-state index contributed by atoms with van der Waals surface area (Å²) in [5.74, 6) is 0. The third-order valence-electron chi connectivity index (χ3n) is 3.65. The van der Waals surface area contributed by atoms with E-state index in [-0.39, 0.29) is 6.03 Å². The molecule has 0 aliphatic heterocycles. The maximum atomic E-state index is 11.9. The van der Waals surface area contributed by atoms with E-state index < -0.39 is 6.09 Å². The first-order valence-corrected chi connectivity index (χ1v) is 7.66. The second-order valence-electron chi connectivity index (χ2n) is 5.32. The summed E-state index contributed by atoms with van der Waals surface area (Å²) in [6, 6.07) is 7.05. The number of urea groups is 1. The molecule has 0 aliphatic rings. The third-order valence-corrected chi connectivity index (χ3v) is 3.65. The molecule has 1 aromatic rings. The minimum absolute atomic E-state index is 0.280. The van der Waals surface area contributed by atoms with E-state index in [0.717, 1.165) is 13.0 Å². The van der Waals surface area contributed by atoms with Crippen molar-refractivity contribution in [2.24, 2.45) is 0 Å². The Kier molecular flexibility index (Phi) is 7.90. The second kappa shape index (κ2) is 9.68. The normalized spacial score (nSPS) is 11.7. The van der Waals surface area contributed by atoms with Gasteiger partial charge in [-0.15, -0.1) is 0 Å². The van der Waals surface area contributed by atoms with Gasteiger partial charge in [-0.25, -0.2) is 9.59 Å². The number of amides is 3. The summed E-state index contributed by atoms with van der Waals surface area (Å²) in [4.78, 5) is 25.2. The predicted octanol–water partition coefficient (Wildman–Crippen LogP) is 2.72. The van der Waals surface area contributed by atoms with Crippen LogP contribution in [-0.4, -0.2) is 50.3 Å². The molecule has 0 aromatic heterocycles. The monoisotopic (exact) mass is 322 g/mol. The molecule has 23 heavy (non-hydrogen) atoms. The molecular formula is C16H26N4O3. The molecule has 0 heterocycles. The quantitative estimate of drug-likeness (QED) is 0.721. The molecule has 0 aliphatic carbocycles. The molecule has 0 fully saturated rings. The summed E-state index contributed by atoms with van der Waals surface area (Å²) in [5, 5.41) is 8.08. The Bertz CT molecular complexity index is 522. The molecule has 0 saturated heterocycles. The van der Waals surface area contributed by atoms with Crippen molar-refractivity contribution in [3.63, 3.8) is 0 Å². The molecular weight excluding hydrogens is 296 g/mol. The SMILES string of the molecule is CC[C@H](C)N(C)CCNC(=O)Nc1cccc(NC(=O)OC)c1. The van der Waals surface area contributed by atoms with Crippen LogP contribution in [0.3, 0.4) is 0 Å². The topological polar surface area (TPSA) is 82.7 Å². The van der Waals surface area contributed by atoms with Gasteiger partial charge in [0.2, 0.25) is 0 Å². The number of carbonyl (C=O) groups excluding carboxylic acids is 2. The average molecular weight is 322 g/mol. The van der Waals surface area contributed by atoms with E-state index in [1.165, 1.54) is 7.11 Å². The maximum Gasteiger partial charge on any atom is 0.411 e. The van der Waals surface area contributed by atoms with Crippen molar-refractivity contribution in [2.45, 2.75) is 26.3 Å². The van der Waals surface area contributed by atoms with Gasteiger partial charge in [0.25, 0.3) is 0 Å². The van der Waals surface area contributed by atoms with Crippen LogP contribution in [0.5, 0.6) is 0 Å². The van der Waals surface area contributed by atoms with Crippen LogP contribution in [0, 0.1) is 0 Å². The van der Waals surface area contributed by atoms with E-state index in [1.54, 1.807) is 24.3 Å². The van der Waals surface area contributed by atoms with E-state index in [2.05, 4.69) is 39.4 Å². The predicted molar refractivity (Wildman–Crippen MR) is 91.9 cm³/mol. The third kappa shape index (κ3) is 7.01. The van der Waals surface area contributed by atoms with Crippen molar-refractivity contribution in [1.29, 1.82) is 0 Å². The van der Waals surface area contributed by atoms with Crippen molar-refractivity contribution in [3.8, 4) is 0 Å². The Hall–Kier alpha value is -2.28. The molecule has 0 unspecified atom stereocenters. The highest BCUT2D eigenvalue weighted by Gasteiger charge is 2.08. The Morgan fingerprint density at radius 2 is 1.91 bits per heavy atom. The molecule has 0 saturated carbocycles. The number of hydrogen-bond acceptors (Lipinski definition) is 4. The van der Waals surface area contributed by atoms with Crippen molar-refractivity contribution >= 4 is 23.5 Å². The van der Waals surface area contributed by atoms with E-state index in [1.807, 2.05) is 7.05 Å². The molecule has 0 radical (unpaired) electrons. The fourth-order valence-electron chi connectivity index (χ4n) is 1.90. The molecule has 7 heteroatoms. The molecule has 1 atom stereocenters. The lowest BCUT2D eigenvalue weighted by molar-refractivity contribution is 0.187. The van der Waals surface area contributed by atoms with Crippen LogP contribution in [-0.2, 0) is 4.74 Å². The van der Waals surface area contributed by atoms with Crippen LogP contribution in [0.25, 0.3) is 0 Å². The van der Waals surface area contributed by atoms with E-state index in [4.69, 9.17) is 0 Å². The van der Waals surface area contributed by atoms with Gasteiger partial charge in [-0.05, 0) is 38.6 Å². The van der Waals surface area contributed by atoms with Crippen LogP contribution in [0.2, 0.25) is 0 Å². The first-order valence-electron chi connectivity index (χ1n) is 7.66. The number of carbonyl (C=O) groups is 2. The van der Waals surface area contributed by atoms with Crippen LogP contribution in [0.15, 0.2) is 24.3 Å². The molecule has 0 spiro atoms. The molecule has 128 valence electrons. The minimum atomic E-state index is -0.556. The first-order chi connectivity index (χ1) is 11.0. The van der Waals surface area contributed by atoms with Crippen molar-refractivity contribution in [1.82, 2.24) is 10.2 Å². The number of rotatable bonds is 7. The lowest BCUT2D eigenvalue weighted by Crippen LogP contribution is -2.38. The first kappa shape index (κ1) is 18.8. The zero-order chi connectivity index (χ0) is 17.2. The van der Waals surface area contributed by atoms with Crippen LogP contribution in [0.4, 0.5) is 21.0 Å². The van der Waals surface area contributed by atoms with Gasteiger partial charge in [0.1, 0.15) is 0 Å². The summed E-state index contributed by atoms with van der Waals surface area (Å²) in [7, 11) is 3.33. The van der Waals surface area contributed by atoms with Gasteiger partial charge in [-0.3, -0.25) is 5.32 Å². The smallest absolute Gasteiger partial charge is 0.411 e. The van der Waals surface area contributed by atoms with Gasteiger partial charge in [0.15, 0.2) is 0 Å². The zero-order valence-corrected chi connectivity index (χ0v) is 14.2. The van der Waals surface area contributed by atoms with Gasteiger partial charge < -0.3 is 20.3 Å². The van der Waals surface area contributed by atoms with Crippen molar-refractivity contribution in [3.05, 3.63) is 24.3 Å². The van der Waals surface area contributed by atoms with Crippen LogP contribution in [0.1, 0.15) is 20.3 Å². The highest BCUT2D eigenvalue weighted by molar-refractivity contribution is 5.91. The molecule has 1 rings (SSSR count). The second-order valence-corrected chi connectivity index (χ2v) is 5.32. The summed E-state index contributed by atoms with van der Waals surface area (Å²) < 4.78 is 4.52. The summed E-state index contributed by atoms with van der Waals surface area (Å²) in [6.45, 7) is 5.63. The molecule has 1 aromatic carbocycles. The number of anilines is 2. The fourth-order valence-corrected chi connectivity index (χ4v) is 1.90. The highest BCUT2D eigenvalue weighted by Crippen LogP contribution is 2.15. The van der Waals surface area contributed by atoms with Gasteiger partial charge in [0, 0.05) is 30.5 Å². The molecule has 7 nitrogen and oxygen atoms in total. The van der Waals surface area contributed by atoms with Gasteiger partial charge in [-0.1, -0.05) is 13.0 Å². The Morgan fingerprint density at radius 1 is 1.26 bits per heavy atom. The summed E-state index contributed by atoms with van der Waals surface area (Å²) >= 11 is 0. The summed E-state index contributed by atoms with van der Waals surface area (Å²) in [6.07, 6.45) is 0.516. The van der Waals surface area contributed by atoms with Gasteiger partial charge in [-0.2, -0.15) is 0 Å². The van der Waals surface area contributed by atoms with Crippen molar-refractivity contribution in [2.75, 3.05) is 37.9 Å². The lowest BCUT2D eigenvalue weighted by atomic mass is 10.2. The Balaban J connectivity index is 2.42. The van der Waals surface area contributed by atoms with Gasteiger partial charge in [0.05, 0.1) is 7.11 Å². The standard InChI is InChI=1S/C16H26N4O3/c1-5-12(2)20(3)10-9-17-15(21)18-13-7-6-8-14(11-13)19-16(22)23-4/h6-8,11-12H,5,9-10H2,1-4H3,(H,19,22)(H2,17,18,21)/t12-/m0/s1. The van der Waals surface area contributed by atoms with Gasteiger partial charge >= 0.3 is 12.1 Å². The minimum Gasteiger partial charge on any atom is -0.453 e. The molecule has 3 N–H and O–H groups in total. The summed E-state index contributed by atoms with van der Waals surface area (Å²) in [5.41, 5.74) is 1.14. The van der Waals surface area contributed by atoms with E-state index in [0.29, 0.717) is 24.0 Å². The number of hydrogen-bond donors (Lipinski definition) is 3. The largest absolute Gasteiger partial charge is 0.453 e. The molecule has 3 amide bonds. The fraction of sp³-hybridized carbons (Fsp3) is 0.500. The Labute approximate surface area is 137 Å². The number of methoxy groups -OCH3 is 1. The van der Waals surface area contributed by atoms with Crippen LogP contribution < -0.4 is 16.0 Å². The average Bonchev–Trinajstić information content (AvgIpc) is 2.54. The lowest BCUT2D eigenvalue weighted by Gasteiger charge is -2.23. The highest BCUT2D eigenvalue weighted by atomic mass is 16.5. The van der Waals surface area contributed by atoms with Crippen molar-refractivity contribution < 1.29 is 14.3 Å². The Morgan fingerprint density at radius 3 is 2.52 bits per heavy atom. The maximum absolute atomic E-state index is 11.9.